The van der Waals surface area contributed by atoms with E-state index in [0.717, 1.165) is 23.7 Å². The molecule has 0 aromatic rings. The Labute approximate surface area is 96.8 Å². The minimum Gasteiger partial charge on any atom is -0.0625 e. The molecule has 0 heterocycles. The van der Waals surface area contributed by atoms with Crippen molar-refractivity contribution in [3.05, 3.63) is 0 Å². The van der Waals surface area contributed by atoms with Gasteiger partial charge in [0, 0.05) is 0 Å². The minimum atomic E-state index is 0.617. The van der Waals surface area contributed by atoms with E-state index in [4.69, 9.17) is 0 Å². The Morgan fingerprint density at radius 2 is 1.40 bits per heavy atom. The van der Waals surface area contributed by atoms with Crippen LogP contribution in [0.4, 0.5) is 0 Å². The van der Waals surface area contributed by atoms with E-state index in [2.05, 4.69) is 41.5 Å². The maximum Gasteiger partial charge on any atom is -0.0221 e. The normalized spacial score (nSPS) is 26.6. The maximum absolute atomic E-state index is 2.45. The maximum atomic E-state index is 2.45. The summed E-state index contributed by atoms with van der Waals surface area (Å²) < 4.78 is 0. The van der Waals surface area contributed by atoms with Gasteiger partial charge in [-0.05, 0) is 41.9 Å². The molecule has 1 saturated carbocycles. The van der Waals surface area contributed by atoms with Crippen molar-refractivity contribution in [2.45, 2.75) is 67.2 Å². The van der Waals surface area contributed by atoms with E-state index in [-0.39, 0.29) is 0 Å². The molecule has 0 unspecified atom stereocenters. The molecular weight excluding hydrogens is 180 g/mol. The van der Waals surface area contributed by atoms with Crippen molar-refractivity contribution in [1.29, 1.82) is 0 Å². The van der Waals surface area contributed by atoms with Crippen molar-refractivity contribution in [3.8, 4) is 0 Å². The largest absolute Gasteiger partial charge is 0.0625 e. The van der Waals surface area contributed by atoms with Gasteiger partial charge in [-0.25, -0.2) is 0 Å². The molecule has 0 aromatic heterocycles. The fourth-order valence-corrected chi connectivity index (χ4v) is 4.30. The van der Waals surface area contributed by atoms with Gasteiger partial charge in [0.1, 0.15) is 0 Å². The summed E-state index contributed by atoms with van der Waals surface area (Å²) in [5.74, 6) is 3.48. The number of rotatable bonds is 3. The van der Waals surface area contributed by atoms with Crippen LogP contribution in [-0.4, -0.2) is 0 Å². The van der Waals surface area contributed by atoms with Crippen molar-refractivity contribution < 1.29 is 0 Å². The van der Waals surface area contributed by atoms with Crippen LogP contribution >= 0.6 is 0 Å². The molecule has 0 nitrogen and oxygen atoms in total. The van der Waals surface area contributed by atoms with Crippen LogP contribution in [0.2, 0.25) is 0 Å². The van der Waals surface area contributed by atoms with Crippen LogP contribution in [0.1, 0.15) is 67.2 Å². The van der Waals surface area contributed by atoms with Gasteiger partial charge in [-0.15, -0.1) is 0 Å². The standard InChI is InChI=1S/C15H30/c1-11(2)14-9-7-8-10-15(14,12(3)4)13(5)6/h11-14H,7-10H2,1-6H3/t14-/m1/s1. The molecule has 0 aromatic carbocycles. The Hall–Kier alpha value is 0. The lowest BCUT2D eigenvalue weighted by atomic mass is 9.53. The highest BCUT2D eigenvalue weighted by Gasteiger charge is 2.46. The van der Waals surface area contributed by atoms with E-state index in [1.165, 1.54) is 25.7 Å². The molecule has 0 amide bonds. The SMILES string of the molecule is CC(C)[C@H]1CCCCC1(C(C)C)C(C)C. The molecule has 1 aliphatic rings. The second kappa shape index (κ2) is 4.89. The van der Waals surface area contributed by atoms with Crippen molar-refractivity contribution in [2.24, 2.45) is 29.1 Å². The van der Waals surface area contributed by atoms with E-state index in [9.17, 15) is 0 Å². The summed E-state index contributed by atoms with van der Waals surface area (Å²) in [5.41, 5.74) is 0.617. The van der Waals surface area contributed by atoms with E-state index in [0.29, 0.717) is 5.41 Å². The van der Waals surface area contributed by atoms with Crippen LogP contribution in [0.15, 0.2) is 0 Å². The molecular formula is C15H30. The first-order valence-electron chi connectivity index (χ1n) is 6.93. The summed E-state index contributed by atoms with van der Waals surface area (Å²) in [6.07, 6.45) is 5.85. The monoisotopic (exact) mass is 210 g/mol. The first kappa shape index (κ1) is 13.1. The molecule has 0 radical (unpaired) electrons. The summed E-state index contributed by atoms with van der Waals surface area (Å²) >= 11 is 0. The van der Waals surface area contributed by atoms with E-state index in [1.807, 2.05) is 0 Å². The lowest BCUT2D eigenvalue weighted by molar-refractivity contribution is -0.0318. The Bertz CT molecular complexity index is 180. The molecule has 1 rings (SSSR count). The second-order valence-corrected chi connectivity index (χ2v) is 6.52. The van der Waals surface area contributed by atoms with Gasteiger partial charge < -0.3 is 0 Å². The predicted octanol–water partition coefficient (Wildman–Crippen LogP) is 5.13. The molecule has 0 saturated heterocycles. The summed E-state index contributed by atoms with van der Waals surface area (Å²) in [7, 11) is 0. The predicted molar refractivity (Wildman–Crippen MR) is 68.9 cm³/mol. The molecule has 1 fully saturated rings. The van der Waals surface area contributed by atoms with E-state index in [1.54, 1.807) is 0 Å². The Kier molecular flexibility index (Phi) is 4.26. The highest BCUT2D eigenvalue weighted by Crippen LogP contribution is 2.54. The van der Waals surface area contributed by atoms with Crippen LogP contribution < -0.4 is 0 Å². The van der Waals surface area contributed by atoms with Gasteiger partial charge in [-0.3, -0.25) is 0 Å². The first-order chi connectivity index (χ1) is 6.93. The fraction of sp³-hybridized carbons (Fsp3) is 1.00. The molecule has 0 heteroatoms. The highest BCUT2D eigenvalue weighted by molar-refractivity contribution is 4.95. The summed E-state index contributed by atoms with van der Waals surface area (Å²) in [6, 6.07) is 0. The van der Waals surface area contributed by atoms with Gasteiger partial charge in [0.2, 0.25) is 0 Å². The average Bonchev–Trinajstić information content (AvgIpc) is 2.16. The van der Waals surface area contributed by atoms with Crippen LogP contribution in [-0.2, 0) is 0 Å². The molecule has 1 aliphatic carbocycles. The Balaban J connectivity index is 2.99. The summed E-state index contributed by atoms with van der Waals surface area (Å²) in [5, 5.41) is 0. The topological polar surface area (TPSA) is 0 Å². The van der Waals surface area contributed by atoms with Gasteiger partial charge in [-0.1, -0.05) is 54.4 Å². The van der Waals surface area contributed by atoms with Crippen LogP contribution in [0, 0.1) is 29.1 Å². The van der Waals surface area contributed by atoms with E-state index >= 15 is 0 Å². The molecule has 0 bridgehead atoms. The minimum absolute atomic E-state index is 0.617. The average molecular weight is 210 g/mol. The first-order valence-corrected chi connectivity index (χ1v) is 6.93. The second-order valence-electron chi connectivity index (χ2n) is 6.52. The van der Waals surface area contributed by atoms with Gasteiger partial charge >= 0.3 is 0 Å². The van der Waals surface area contributed by atoms with Gasteiger partial charge in [0.25, 0.3) is 0 Å². The fourth-order valence-electron chi connectivity index (χ4n) is 4.30. The highest BCUT2D eigenvalue weighted by atomic mass is 14.5. The zero-order valence-corrected chi connectivity index (χ0v) is 11.6. The van der Waals surface area contributed by atoms with Crippen LogP contribution in [0.3, 0.4) is 0 Å². The van der Waals surface area contributed by atoms with Gasteiger partial charge in [0.05, 0.1) is 0 Å². The number of hydrogen-bond donors (Lipinski definition) is 0. The van der Waals surface area contributed by atoms with Crippen molar-refractivity contribution in [3.63, 3.8) is 0 Å². The quantitative estimate of drug-likeness (QED) is 0.605. The summed E-state index contributed by atoms with van der Waals surface area (Å²) in [6.45, 7) is 14.6. The Morgan fingerprint density at radius 1 is 0.867 bits per heavy atom. The van der Waals surface area contributed by atoms with Gasteiger partial charge in [-0.2, -0.15) is 0 Å². The summed E-state index contributed by atoms with van der Waals surface area (Å²) in [4.78, 5) is 0. The number of hydrogen-bond acceptors (Lipinski definition) is 0. The zero-order valence-electron chi connectivity index (χ0n) is 11.6. The molecule has 0 spiro atoms. The molecule has 15 heavy (non-hydrogen) atoms. The van der Waals surface area contributed by atoms with Crippen molar-refractivity contribution in [2.75, 3.05) is 0 Å². The Morgan fingerprint density at radius 3 is 1.73 bits per heavy atom. The third kappa shape index (κ3) is 2.24. The van der Waals surface area contributed by atoms with Gasteiger partial charge in [0.15, 0.2) is 0 Å². The van der Waals surface area contributed by atoms with Crippen molar-refractivity contribution in [1.82, 2.24) is 0 Å². The molecule has 1 atom stereocenters. The lowest BCUT2D eigenvalue weighted by Gasteiger charge is -2.52. The molecule has 0 N–H and O–H groups in total. The molecule has 90 valence electrons. The lowest BCUT2D eigenvalue weighted by Crippen LogP contribution is -2.45. The zero-order chi connectivity index (χ0) is 11.6. The smallest absolute Gasteiger partial charge is 0.0221 e. The third-order valence-corrected chi connectivity index (χ3v) is 5.02. The van der Waals surface area contributed by atoms with Crippen LogP contribution in [0.25, 0.3) is 0 Å². The van der Waals surface area contributed by atoms with E-state index < -0.39 is 0 Å². The van der Waals surface area contributed by atoms with Crippen molar-refractivity contribution >= 4 is 0 Å². The van der Waals surface area contributed by atoms with Crippen LogP contribution in [0.5, 0.6) is 0 Å². The molecule has 0 aliphatic heterocycles. The third-order valence-electron chi connectivity index (χ3n) is 5.02.